The Morgan fingerprint density at radius 3 is 2.77 bits per heavy atom. The Labute approximate surface area is 196 Å². The van der Waals surface area contributed by atoms with Crippen LogP contribution in [-0.2, 0) is 4.79 Å². The first-order chi connectivity index (χ1) is 14.0. The third-order valence-corrected chi connectivity index (χ3v) is 5.71. The number of carbonyl (C=O) groups is 1. The Hall–Kier alpha value is -1.58. The molecule has 3 rings (SSSR count). The van der Waals surface area contributed by atoms with Gasteiger partial charge in [0.1, 0.15) is 17.7 Å². The largest absolute Gasteiger partial charge is 0.489 e. The van der Waals surface area contributed by atoms with Crippen LogP contribution in [0.1, 0.15) is 45.4 Å². The highest BCUT2D eigenvalue weighted by molar-refractivity contribution is 14.0. The van der Waals surface area contributed by atoms with Gasteiger partial charge in [0.05, 0.1) is 6.54 Å². The van der Waals surface area contributed by atoms with Gasteiger partial charge in [-0.15, -0.1) is 24.0 Å². The molecule has 1 saturated carbocycles. The number of nitrogens with one attached hydrogen (secondary N) is 2. The highest BCUT2D eigenvalue weighted by atomic mass is 127. The van der Waals surface area contributed by atoms with Gasteiger partial charge in [-0.25, -0.2) is 4.39 Å². The van der Waals surface area contributed by atoms with Crippen molar-refractivity contribution in [2.24, 2.45) is 10.9 Å². The second kappa shape index (κ2) is 12.3. The van der Waals surface area contributed by atoms with Crippen LogP contribution in [0, 0.1) is 11.7 Å². The van der Waals surface area contributed by atoms with Crippen molar-refractivity contribution in [1.29, 1.82) is 0 Å². The molecule has 2 unspecified atom stereocenters. The van der Waals surface area contributed by atoms with Gasteiger partial charge in [-0.1, -0.05) is 25.3 Å². The molecular formula is C22H34FIN4O2. The number of rotatable bonds is 6. The molecule has 1 aliphatic carbocycles. The average Bonchev–Trinajstić information content (AvgIpc) is 3.19. The minimum absolute atomic E-state index is 0. The molecular weight excluding hydrogens is 498 g/mol. The lowest BCUT2D eigenvalue weighted by atomic mass is 9.88. The van der Waals surface area contributed by atoms with Crippen molar-refractivity contribution >= 4 is 35.8 Å². The number of ether oxygens (including phenoxy) is 1. The maximum atomic E-state index is 13.3. The molecule has 6 nitrogen and oxygen atoms in total. The summed E-state index contributed by atoms with van der Waals surface area (Å²) in [7, 11) is 1.73. The highest BCUT2D eigenvalue weighted by Gasteiger charge is 2.31. The summed E-state index contributed by atoms with van der Waals surface area (Å²) >= 11 is 0. The highest BCUT2D eigenvalue weighted by Crippen LogP contribution is 2.26. The summed E-state index contributed by atoms with van der Waals surface area (Å²) in [6, 6.07) is 6.34. The number of carbonyl (C=O) groups excluding carboxylic acids is 1. The quantitative estimate of drug-likeness (QED) is 0.334. The molecule has 1 aliphatic heterocycles. The van der Waals surface area contributed by atoms with E-state index in [2.05, 4.69) is 15.6 Å². The molecule has 0 spiro atoms. The number of hydrogen-bond donors (Lipinski definition) is 2. The summed E-state index contributed by atoms with van der Waals surface area (Å²) in [6.07, 6.45) is 6.48. The van der Waals surface area contributed by atoms with E-state index < -0.39 is 0 Å². The number of guanidine groups is 1. The van der Waals surface area contributed by atoms with Crippen molar-refractivity contribution in [3.63, 3.8) is 0 Å². The van der Waals surface area contributed by atoms with Gasteiger partial charge in [-0.3, -0.25) is 9.79 Å². The molecule has 8 heteroatoms. The van der Waals surface area contributed by atoms with E-state index in [0.29, 0.717) is 24.2 Å². The van der Waals surface area contributed by atoms with Crippen LogP contribution in [0.5, 0.6) is 5.75 Å². The molecule has 1 amide bonds. The van der Waals surface area contributed by atoms with E-state index in [0.717, 1.165) is 32.4 Å². The molecule has 1 aromatic rings. The SMILES string of the molecule is CN=C(NCC(C)Oc1cccc(F)c1)NC1CCN(C(=O)C2CCCCC2)C1.I. The van der Waals surface area contributed by atoms with Crippen molar-refractivity contribution in [2.75, 3.05) is 26.7 Å². The lowest BCUT2D eigenvalue weighted by Crippen LogP contribution is -2.47. The first kappa shape index (κ1) is 24.7. The van der Waals surface area contributed by atoms with Gasteiger partial charge in [-0.2, -0.15) is 0 Å². The van der Waals surface area contributed by atoms with E-state index >= 15 is 0 Å². The number of amides is 1. The van der Waals surface area contributed by atoms with Gasteiger partial charge < -0.3 is 20.3 Å². The van der Waals surface area contributed by atoms with Crippen molar-refractivity contribution in [3.8, 4) is 5.75 Å². The van der Waals surface area contributed by atoms with E-state index in [1.165, 1.54) is 31.4 Å². The van der Waals surface area contributed by atoms with E-state index in [1.807, 2.05) is 11.8 Å². The van der Waals surface area contributed by atoms with E-state index in [4.69, 9.17) is 4.74 Å². The van der Waals surface area contributed by atoms with Crippen LogP contribution in [0.15, 0.2) is 29.3 Å². The Morgan fingerprint density at radius 2 is 2.07 bits per heavy atom. The fourth-order valence-corrected chi connectivity index (χ4v) is 4.13. The van der Waals surface area contributed by atoms with Crippen molar-refractivity contribution in [2.45, 2.75) is 57.6 Å². The number of nitrogens with zero attached hydrogens (tertiary/aromatic N) is 2. The van der Waals surface area contributed by atoms with Gasteiger partial charge >= 0.3 is 0 Å². The Bertz CT molecular complexity index is 712. The summed E-state index contributed by atoms with van der Waals surface area (Å²) in [5.74, 6) is 1.44. The van der Waals surface area contributed by atoms with Crippen molar-refractivity contribution in [1.82, 2.24) is 15.5 Å². The molecule has 2 aliphatic rings. The molecule has 1 saturated heterocycles. The normalized spacial score (nSPS) is 21.0. The summed E-state index contributed by atoms with van der Waals surface area (Å²) < 4.78 is 19.0. The van der Waals surface area contributed by atoms with Gasteiger partial charge in [0.2, 0.25) is 5.91 Å². The summed E-state index contributed by atoms with van der Waals surface area (Å²) in [5.41, 5.74) is 0. The number of aliphatic imine (C=N–C) groups is 1. The monoisotopic (exact) mass is 532 g/mol. The topological polar surface area (TPSA) is 66.0 Å². The van der Waals surface area contributed by atoms with Crippen molar-refractivity contribution < 1.29 is 13.9 Å². The molecule has 2 fully saturated rings. The Morgan fingerprint density at radius 1 is 1.30 bits per heavy atom. The lowest BCUT2D eigenvalue weighted by molar-refractivity contribution is -0.135. The maximum Gasteiger partial charge on any atom is 0.225 e. The minimum Gasteiger partial charge on any atom is -0.489 e. The average molecular weight is 532 g/mol. The summed E-state index contributed by atoms with van der Waals surface area (Å²) in [4.78, 5) is 19.0. The van der Waals surface area contributed by atoms with E-state index in [9.17, 15) is 9.18 Å². The van der Waals surface area contributed by atoms with Crippen LogP contribution < -0.4 is 15.4 Å². The number of likely N-dealkylation sites (tertiary alicyclic amines) is 1. The van der Waals surface area contributed by atoms with Crippen LogP contribution in [0.25, 0.3) is 0 Å². The second-order valence-corrected chi connectivity index (χ2v) is 8.09. The molecule has 30 heavy (non-hydrogen) atoms. The van der Waals surface area contributed by atoms with Crippen molar-refractivity contribution in [3.05, 3.63) is 30.1 Å². The third kappa shape index (κ3) is 7.28. The lowest BCUT2D eigenvalue weighted by Gasteiger charge is -2.26. The first-order valence-electron chi connectivity index (χ1n) is 10.7. The third-order valence-electron chi connectivity index (χ3n) is 5.71. The predicted octanol–water partition coefficient (Wildman–Crippen LogP) is 3.56. The molecule has 0 aromatic heterocycles. The molecule has 2 N–H and O–H groups in total. The molecule has 1 heterocycles. The fourth-order valence-electron chi connectivity index (χ4n) is 4.13. The minimum atomic E-state index is -0.311. The van der Waals surface area contributed by atoms with Crippen LogP contribution in [-0.4, -0.2) is 55.6 Å². The molecule has 0 radical (unpaired) electrons. The number of benzene rings is 1. The van der Waals surface area contributed by atoms with Crippen LogP contribution in [0.4, 0.5) is 4.39 Å². The second-order valence-electron chi connectivity index (χ2n) is 8.09. The van der Waals surface area contributed by atoms with E-state index in [-0.39, 0.29) is 47.9 Å². The fraction of sp³-hybridized carbons (Fsp3) is 0.636. The van der Waals surface area contributed by atoms with Gasteiger partial charge in [0.15, 0.2) is 5.96 Å². The maximum absolute atomic E-state index is 13.3. The van der Waals surface area contributed by atoms with Gasteiger partial charge in [0, 0.05) is 38.2 Å². The standard InChI is InChI=1S/C22H33FN4O2.HI/c1-16(29-20-10-6-9-18(23)13-20)14-25-22(24-2)26-19-11-12-27(15-19)21(28)17-7-4-3-5-8-17;/h6,9-10,13,16-17,19H,3-5,7-8,11-12,14-15H2,1-2H3,(H2,24,25,26);1H. The Kier molecular flexibility index (Phi) is 10.1. The van der Waals surface area contributed by atoms with Crippen LogP contribution >= 0.6 is 24.0 Å². The van der Waals surface area contributed by atoms with Crippen LogP contribution in [0.2, 0.25) is 0 Å². The zero-order chi connectivity index (χ0) is 20.6. The van der Waals surface area contributed by atoms with E-state index in [1.54, 1.807) is 19.2 Å². The zero-order valence-electron chi connectivity index (χ0n) is 17.9. The smallest absolute Gasteiger partial charge is 0.225 e. The molecule has 0 bridgehead atoms. The summed E-state index contributed by atoms with van der Waals surface area (Å²) in [6.45, 7) is 3.99. The van der Waals surface area contributed by atoms with Gasteiger partial charge in [-0.05, 0) is 38.3 Å². The molecule has 168 valence electrons. The molecule has 1 aromatic carbocycles. The molecule has 2 atom stereocenters. The van der Waals surface area contributed by atoms with Gasteiger partial charge in [0.25, 0.3) is 0 Å². The first-order valence-corrected chi connectivity index (χ1v) is 10.7. The summed E-state index contributed by atoms with van der Waals surface area (Å²) in [5, 5.41) is 6.67. The predicted molar refractivity (Wildman–Crippen MR) is 128 cm³/mol. The number of halogens is 2. The number of hydrogen-bond acceptors (Lipinski definition) is 3. The zero-order valence-corrected chi connectivity index (χ0v) is 20.2. The van der Waals surface area contributed by atoms with Crippen LogP contribution in [0.3, 0.4) is 0 Å². The Balaban J connectivity index is 0.00000320.